The molecule has 162 valence electrons. The second kappa shape index (κ2) is 8.46. The molecule has 1 aliphatic heterocycles. The molecular weight excluding hydrogens is 390 g/mol. The number of amides is 2. The highest BCUT2D eigenvalue weighted by Gasteiger charge is 2.36. The zero-order valence-electron chi connectivity index (χ0n) is 18.6. The van der Waals surface area contributed by atoms with E-state index < -0.39 is 5.92 Å². The normalized spacial score (nSPS) is 15.6. The van der Waals surface area contributed by atoms with Gasteiger partial charge in [0.15, 0.2) is 0 Å². The van der Waals surface area contributed by atoms with Gasteiger partial charge in [-0.1, -0.05) is 29.8 Å². The largest absolute Gasteiger partial charge is 0.494 e. The second-order valence-corrected chi connectivity index (χ2v) is 8.36. The van der Waals surface area contributed by atoms with Gasteiger partial charge in [-0.25, -0.2) is 0 Å². The topological polar surface area (TPSA) is 54.8 Å². The zero-order valence-corrected chi connectivity index (χ0v) is 18.6. The Balaban J connectivity index is 1.93. The van der Waals surface area contributed by atoms with E-state index in [9.17, 15) is 9.59 Å². The Morgan fingerprint density at radius 3 is 2.58 bits per heavy atom. The molecule has 1 aliphatic rings. The van der Waals surface area contributed by atoms with Crippen molar-refractivity contribution in [2.75, 3.05) is 27.2 Å². The summed E-state index contributed by atoms with van der Waals surface area (Å²) >= 11 is 0. The zero-order chi connectivity index (χ0) is 22.1. The summed E-state index contributed by atoms with van der Waals surface area (Å²) in [7, 11) is 3.53. The predicted octanol–water partition coefficient (Wildman–Crippen LogP) is 3.54. The first-order valence-electron chi connectivity index (χ1n) is 10.7. The molecule has 0 N–H and O–H groups in total. The molecule has 2 heterocycles. The number of benzene rings is 2. The molecule has 0 spiro atoms. The summed E-state index contributed by atoms with van der Waals surface area (Å²) in [6, 6.07) is 14.6. The maximum atomic E-state index is 13.1. The Bertz CT molecular complexity index is 1120. The number of aryl methyl sites for hydroxylation is 1. The van der Waals surface area contributed by atoms with Gasteiger partial charge in [0.1, 0.15) is 5.75 Å². The van der Waals surface area contributed by atoms with Gasteiger partial charge in [-0.3, -0.25) is 9.59 Å². The number of nitrogens with zero attached hydrogens (tertiary/aromatic N) is 3. The Kier molecular flexibility index (Phi) is 5.72. The van der Waals surface area contributed by atoms with Crippen molar-refractivity contribution in [3.8, 4) is 5.75 Å². The summed E-state index contributed by atoms with van der Waals surface area (Å²) in [6.45, 7) is 6.16. The summed E-state index contributed by atoms with van der Waals surface area (Å²) in [5.41, 5.74) is 5.48. The molecular formula is C25H29N3O3. The minimum Gasteiger partial charge on any atom is -0.494 e. The highest BCUT2D eigenvalue weighted by Crippen LogP contribution is 2.39. The van der Waals surface area contributed by atoms with Crippen LogP contribution in [0.1, 0.15) is 35.2 Å². The smallest absolute Gasteiger partial charge is 0.231 e. The van der Waals surface area contributed by atoms with Gasteiger partial charge in [0, 0.05) is 43.8 Å². The van der Waals surface area contributed by atoms with Crippen LogP contribution in [0.3, 0.4) is 0 Å². The van der Waals surface area contributed by atoms with Crippen LogP contribution in [0.5, 0.6) is 5.75 Å². The van der Waals surface area contributed by atoms with Gasteiger partial charge in [-0.15, -0.1) is 0 Å². The van der Waals surface area contributed by atoms with E-state index in [4.69, 9.17) is 4.74 Å². The SMILES string of the molecule is CCOc1ccc2c(c1)c1c(n2Cc2ccc(C)cc2)CN(C=O)CC1C(=O)N(C)C. The Hall–Kier alpha value is -3.28. The van der Waals surface area contributed by atoms with Crippen LogP contribution in [0.2, 0.25) is 0 Å². The molecule has 1 unspecified atom stereocenters. The third-order valence-electron chi connectivity index (χ3n) is 5.96. The summed E-state index contributed by atoms with van der Waals surface area (Å²) in [5, 5.41) is 1.03. The fourth-order valence-corrected chi connectivity index (χ4v) is 4.46. The van der Waals surface area contributed by atoms with E-state index in [1.54, 1.807) is 23.9 Å². The van der Waals surface area contributed by atoms with Crippen molar-refractivity contribution in [2.24, 2.45) is 0 Å². The third kappa shape index (κ3) is 3.90. The quantitative estimate of drug-likeness (QED) is 0.575. The number of aromatic nitrogens is 1. The number of likely N-dealkylation sites (N-methyl/N-ethyl adjacent to an activating group) is 1. The van der Waals surface area contributed by atoms with E-state index in [1.165, 1.54) is 11.1 Å². The number of fused-ring (bicyclic) bond motifs is 3. The monoisotopic (exact) mass is 419 g/mol. The number of carbonyl (C=O) groups excluding carboxylic acids is 2. The molecule has 0 aliphatic carbocycles. The molecule has 2 amide bonds. The van der Waals surface area contributed by atoms with E-state index >= 15 is 0 Å². The third-order valence-corrected chi connectivity index (χ3v) is 5.96. The lowest BCUT2D eigenvalue weighted by molar-refractivity contribution is -0.132. The lowest BCUT2D eigenvalue weighted by Crippen LogP contribution is -2.40. The van der Waals surface area contributed by atoms with Gasteiger partial charge in [0.05, 0.1) is 19.1 Å². The van der Waals surface area contributed by atoms with E-state index in [0.717, 1.165) is 34.3 Å². The second-order valence-electron chi connectivity index (χ2n) is 8.36. The Labute approximate surface area is 183 Å². The maximum absolute atomic E-state index is 13.1. The number of hydrogen-bond acceptors (Lipinski definition) is 3. The van der Waals surface area contributed by atoms with Gasteiger partial charge in [0.2, 0.25) is 12.3 Å². The molecule has 0 radical (unpaired) electrons. The van der Waals surface area contributed by atoms with Gasteiger partial charge < -0.3 is 19.1 Å². The van der Waals surface area contributed by atoms with Gasteiger partial charge >= 0.3 is 0 Å². The van der Waals surface area contributed by atoms with Crippen LogP contribution < -0.4 is 4.74 Å². The van der Waals surface area contributed by atoms with Crippen LogP contribution in [-0.4, -0.2) is 53.9 Å². The molecule has 0 fully saturated rings. The van der Waals surface area contributed by atoms with Crippen molar-refractivity contribution < 1.29 is 14.3 Å². The van der Waals surface area contributed by atoms with Gasteiger partial charge in [-0.2, -0.15) is 0 Å². The molecule has 2 aromatic carbocycles. The van der Waals surface area contributed by atoms with Crippen LogP contribution in [0.4, 0.5) is 0 Å². The number of hydrogen-bond donors (Lipinski definition) is 0. The summed E-state index contributed by atoms with van der Waals surface area (Å²) in [4.78, 5) is 28.2. The van der Waals surface area contributed by atoms with E-state index in [2.05, 4.69) is 41.8 Å². The summed E-state index contributed by atoms with van der Waals surface area (Å²) in [6.07, 6.45) is 0.846. The summed E-state index contributed by atoms with van der Waals surface area (Å²) in [5.74, 6) is 0.394. The van der Waals surface area contributed by atoms with Crippen LogP contribution in [0.15, 0.2) is 42.5 Å². The molecule has 31 heavy (non-hydrogen) atoms. The molecule has 4 rings (SSSR count). The molecule has 0 saturated carbocycles. The average Bonchev–Trinajstić information content (AvgIpc) is 3.07. The van der Waals surface area contributed by atoms with Crippen molar-refractivity contribution in [3.05, 3.63) is 64.8 Å². The van der Waals surface area contributed by atoms with Crippen LogP contribution in [0.25, 0.3) is 10.9 Å². The van der Waals surface area contributed by atoms with Crippen LogP contribution in [0, 0.1) is 6.92 Å². The lowest BCUT2D eigenvalue weighted by atomic mass is 9.90. The van der Waals surface area contributed by atoms with Crippen molar-refractivity contribution in [2.45, 2.75) is 32.9 Å². The van der Waals surface area contributed by atoms with Crippen molar-refractivity contribution in [3.63, 3.8) is 0 Å². The predicted molar refractivity (Wildman–Crippen MR) is 121 cm³/mol. The fraction of sp³-hybridized carbons (Fsp3) is 0.360. The van der Waals surface area contributed by atoms with Gasteiger partial charge in [0.25, 0.3) is 0 Å². The first-order chi connectivity index (χ1) is 14.9. The van der Waals surface area contributed by atoms with Crippen molar-refractivity contribution in [1.29, 1.82) is 0 Å². The number of rotatable bonds is 6. The van der Waals surface area contributed by atoms with Crippen LogP contribution >= 0.6 is 0 Å². The minimum absolute atomic E-state index is 0.00370. The molecule has 1 aromatic heterocycles. The van der Waals surface area contributed by atoms with Crippen molar-refractivity contribution in [1.82, 2.24) is 14.4 Å². The van der Waals surface area contributed by atoms with E-state index in [1.807, 2.05) is 19.1 Å². The maximum Gasteiger partial charge on any atom is 0.231 e. The first kappa shape index (κ1) is 21.0. The van der Waals surface area contributed by atoms with E-state index in [-0.39, 0.29) is 5.91 Å². The average molecular weight is 420 g/mol. The van der Waals surface area contributed by atoms with E-state index in [0.29, 0.717) is 26.2 Å². The Morgan fingerprint density at radius 1 is 1.19 bits per heavy atom. The lowest BCUT2D eigenvalue weighted by Gasteiger charge is -2.32. The fourth-order valence-electron chi connectivity index (χ4n) is 4.46. The molecule has 6 nitrogen and oxygen atoms in total. The minimum atomic E-state index is -0.400. The van der Waals surface area contributed by atoms with Gasteiger partial charge in [-0.05, 0) is 43.2 Å². The molecule has 6 heteroatoms. The van der Waals surface area contributed by atoms with Crippen molar-refractivity contribution >= 4 is 23.2 Å². The number of ether oxygens (including phenoxy) is 1. The molecule has 3 aromatic rings. The molecule has 0 bridgehead atoms. The standard InChI is InChI=1S/C25H29N3O3/c1-5-31-19-10-11-22-20(12-19)24-21(25(30)26(3)4)14-27(16-29)15-23(24)28(22)13-18-8-6-17(2)7-9-18/h6-12,16,21H,5,13-15H2,1-4H3. The first-order valence-corrected chi connectivity index (χ1v) is 10.7. The molecule has 0 saturated heterocycles. The molecule has 1 atom stereocenters. The van der Waals surface area contributed by atoms with Crippen LogP contribution in [-0.2, 0) is 22.7 Å². The highest BCUT2D eigenvalue weighted by atomic mass is 16.5. The summed E-state index contributed by atoms with van der Waals surface area (Å²) < 4.78 is 8.01. The highest BCUT2D eigenvalue weighted by molar-refractivity contribution is 5.95. The Morgan fingerprint density at radius 2 is 1.94 bits per heavy atom. The number of carbonyl (C=O) groups is 2.